The highest BCUT2D eigenvalue weighted by atomic mass is 32.1. The summed E-state index contributed by atoms with van der Waals surface area (Å²) in [6.45, 7) is 1.40. The zero-order chi connectivity index (χ0) is 13.8. The summed E-state index contributed by atoms with van der Waals surface area (Å²) in [6, 6.07) is 9.94. The van der Waals surface area contributed by atoms with Gasteiger partial charge < -0.3 is 10.5 Å². The Balaban J connectivity index is 1.60. The number of aryl methyl sites for hydroxylation is 1. The van der Waals surface area contributed by atoms with Crippen molar-refractivity contribution in [2.45, 2.75) is 31.6 Å². The summed E-state index contributed by atoms with van der Waals surface area (Å²) in [6.07, 6.45) is 4.48. The van der Waals surface area contributed by atoms with Crippen LogP contribution in [-0.2, 0) is 12.8 Å². The molecule has 1 heterocycles. The lowest BCUT2D eigenvalue weighted by Crippen LogP contribution is -2.17. The number of thiazole rings is 1. The summed E-state index contributed by atoms with van der Waals surface area (Å²) in [5.74, 6) is 1.40. The largest absolute Gasteiger partial charge is 0.493 e. The van der Waals surface area contributed by atoms with Gasteiger partial charge in [0.15, 0.2) is 0 Å². The van der Waals surface area contributed by atoms with Gasteiger partial charge in [0.25, 0.3) is 0 Å². The van der Waals surface area contributed by atoms with Gasteiger partial charge in [0.2, 0.25) is 0 Å². The third kappa shape index (κ3) is 3.02. The van der Waals surface area contributed by atoms with Crippen LogP contribution in [0.1, 0.15) is 34.3 Å². The second-order valence-electron chi connectivity index (χ2n) is 5.15. The third-order valence-electron chi connectivity index (χ3n) is 3.73. The molecule has 0 amide bonds. The van der Waals surface area contributed by atoms with Crippen LogP contribution in [0.25, 0.3) is 0 Å². The smallest absolute Gasteiger partial charge is 0.119 e. The first-order chi connectivity index (χ1) is 9.86. The average Bonchev–Trinajstić information content (AvgIpc) is 2.91. The number of hydrogen-bond donors (Lipinski definition) is 1. The maximum Gasteiger partial charge on any atom is 0.119 e. The summed E-state index contributed by atoms with van der Waals surface area (Å²) in [5, 5.41) is 1.19. The highest BCUT2D eigenvalue weighted by Crippen LogP contribution is 2.34. The molecule has 106 valence electrons. The summed E-state index contributed by atoms with van der Waals surface area (Å²) in [4.78, 5) is 6.24. The molecule has 1 unspecified atom stereocenters. The van der Waals surface area contributed by atoms with E-state index < -0.39 is 0 Å². The molecule has 1 aliphatic rings. The molecule has 2 aromatic rings. The van der Waals surface area contributed by atoms with E-state index in [4.69, 9.17) is 15.5 Å². The van der Waals surface area contributed by atoms with E-state index in [0.29, 0.717) is 12.5 Å². The van der Waals surface area contributed by atoms with Crippen LogP contribution >= 0.6 is 11.3 Å². The monoisotopic (exact) mass is 288 g/mol. The minimum absolute atomic E-state index is 0.471. The van der Waals surface area contributed by atoms with Gasteiger partial charge in [0.05, 0.1) is 17.3 Å². The molecule has 1 aromatic heterocycles. The number of ether oxygens (including phenoxy) is 1. The van der Waals surface area contributed by atoms with Crippen molar-refractivity contribution in [3.05, 3.63) is 45.9 Å². The van der Waals surface area contributed by atoms with E-state index in [-0.39, 0.29) is 0 Å². The number of nitrogens with zero attached hydrogens (tertiary/aromatic N) is 1. The highest BCUT2D eigenvalue weighted by Gasteiger charge is 2.23. The van der Waals surface area contributed by atoms with Crippen LogP contribution in [-0.4, -0.2) is 18.1 Å². The third-order valence-corrected chi connectivity index (χ3v) is 4.92. The number of hydrogen-bond acceptors (Lipinski definition) is 4. The molecular weight excluding hydrogens is 268 g/mol. The van der Waals surface area contributed by atoms with Crippen molar-refractivity contribution >= 4 is 11.3 Å². The predicted octanol–water partition coefficient (Wildman–Crippen LogP) is 3.14. The Kier molecular flexibility index (Phi) is 4.33. The van der Waals surface area contributed by atoms with Gasteiger partial charge in [-0.25, -0.2) is 4.98 Å². The molecule has 0 bridgehead atoms. The molecule has 0 saturated heterocycles. The van der Waals surface area contributed by atoms with E-state index in [1.54, 1.807) is 0 Å². The Hall–Kier alpha value is -1.39. The summed E-state index contributed by atoms with van der Waals surface area (Å²) in [5.41, 5.74) is 7.11. The molecular formula is C16H20N2OS. The van der Waals surface area contributed by atoms with Crippen molar-refractivity contribution < 1.29 is 4.74 Å². The first-order valence-corrected chi connectivity index (χ1v) is 8.05. The Bertz CT molecular complexity index is 553. The Morgan fingerprint density at radius 1 is 1.30 bits per heavy atom. The molecule has 3 nitrogen and oxygen atoms in total. The van der Waals surface area contributed by atoms with Crippen LogP contribution in [0.2, 0.25) is 0 Å². The molecule has 0 saturated carbocycles. The van der Waals surface area contributed by atoms with E-state index >= 15 is 0 Å². The maximum atomic E-state index is 5.84. The molecule has 0 aliphatic heterocycles. The summed E-state index contributed by atoms with van der Waals surface area (Å²) >= 11 is 1.84. The van der Waals surface area contributed by atoms with Gasteiger partial charge in [0, 0.05) is 23.8 Å². The normalized spacial score (nSPS) is 17.8. The Morgan fingerprint density at radius 3 is 2.95 bits per heavy atom. The second-order valence-corrected chi connectivity index (χ2v) is 6.32. The number of nitrogens with two attached hydrogens (primary N) is 1. The lowest BCUT2D eigenvalue weighted by Gasteiger charge is -2.18. The molecule has 1 aromatic carbocycles. The van der Waals surface area contributed by atoms with Gasteiger partial charge in [-0.1, -0.05) is 18.2 Å². The summed E-state index contributed by atoms with van der Waals surface area (Å²) in [7, 11) is 0. The SMILES string of the molecule is NCC1CCCc2sc(CCOc3ccccc3)nc21. The number of fused-ring (bicyclic) bond motifs is 1. The number of aromatic nitrogens is 1. The zero-order valence-electron chi connectivity index (χ0n) is 11.5. The van der Waals surface area contributed by atoms with Crippen LogP contribution < -0.4 is 10.5 Å². The van der Waals surface area contributed by atoms with Crippen molar-refractivity contribution in [3.8, 4) is 5.75 Å². The maximum absolute atomic E-state index is 5.84. The molecule has 0 spiro atoms. The van der Waals surface area contributed by atoms with Gasteiger partial charge in [-0.3, -0.25) is 0 Å². The van der Waals surface area contributed by atoms with Crippen molar-refractivity contribution in [1.29, 1.82) is 0 Å². The van der Waals surface area contributed by atoms with Gasteiger partial charge in [0.1, 0.15) is 5.75 Å². The van der Waals surface area contributed by atoms with E-state index in [2.05, 4.69) is 0 Å². The lowest BCUT2D eigenvalue weighted by atomic mass is 9.91. The van der Waals surface area contributed by atoms with Gasteiger partial charge in [-0.2, -0.15) is 0 Å². The lowest BCUT2D eigenvalue weighted by molar-refractivity contribution is 0.321. The molecule has 4 heteroatoms. The van der Waals surface area contributed by atoms with Crippen LogP contribution in [0, 0.1) is 0 Å². The average molecular weight is 288 g/mol. The molecule has 20 heavy (non-hydrogen) atoms. The fourth-order valence-electron chi connectivity index (χ4n) is 2.67. The second kappa shape index (κ2) is 6.37. The van der Waals surface area contributed by atoms with E-state index in [9.17, 15) is 0 Å². The van der Waals surface area contributed by atoms with Gasteiger partial charge in [-0.15, -0.1) is 11.3 Å². The van der Waals surface area contributed by atoms with E-state index in [0.717, 1.165) is 18.7 Å². The van der Waals surface area contributed by atoms with E-state index in [1.807, 2.05) is 41.7 Å². The van der Waals surface area contributed by atoms with Gasteiger partial charge >= 0.3 is 0 Å². The minimum atomic E-state index is 0.471. The van der Waals surface area contributed by atoms with Crippen LogP contribution in [0.3, 0.4) is 0 Å². The number of benzene rings is 1. The fourth-order valence-corrected chi connectivity index (χ4v) is 3.84. The van der Waals surface area contributed by atoms with Crippen molar-refractivity contribution in [3.63, 3.8) is 0 Å². The van der Waals surface area contributed by atoms with Crippen LogP contribution in [0.4, 0.5) is 0 Å². The molecule has 2 N–H and O–H groups in total. The molecule has 0 radical (unpaired) electrons. The Morgan fingerprint density at radius 2 is 2.15 bits per heavy atom. The van der Waals surface area contributed by atoms with Crippen LogP contribution in [0.15, 0.2) is 30.3 Å². The first-order valence-electron chi connectivity index (χ1n) is 7.23. The zero-order valence-corrected chi connectivity index (χ0v) is 12.4. The standard InChI is InChI=1S/C16H20N2OS/c17-11-12-5-4-8-14-16(12)18-15(20-14)9-10-19-13-6-2-1-3-7-13/h1-3,6-7,12H,4-5,8-11,17H2. The molecule has 1 atom stereocenters. The van der Waals surface area contributed by atoms with Gasteiger partial charge in [-0.05, 0) is 31.4 Å². The highest BCUT2D eigenvalue weighted by molar-refractivity contribution is 7.11. The Labute approximate surface area is 123 Å². The van der Waals surface area contributed by atoms with E-state index in [1.165, 1.54) is 34.8 Å². The molecule has 0 fully saturated rings. The van der Waals surface area contributed by atoms with Crippen LogP contribution in [0.5, 0.6) is 5.75 Å². The van der Waals surface area contributed by atoms with Crippen molar-refractivity contribution in [2.75, 3.05) is 13.2 Å². The molecule has 1 aliphatic carbocycles. The topological polar surface area (TPSA) is 48.1 Å². The minimum Gasteiger partial charge on any atom is -0.493 e. The number of para-hydroxylation sites is 1. The predicted molar refractivity (Wildman–Crippen MR) is 82.5 cm³/mol. The van der Waals surface area contributed by atoms with Crippen molar-refractivity contribution in [1.82, 2.24) is 4.98 Å². The molecule has 3 rings (SSSR count). The van der Waals surface area contributed by atoms with Crippen molar-refractivity contribution in [2.24, 2.45) is 5.73 Å². The first kappa shape index (κ1) is 13.6. The quantitative estimate of drug-likeness (QED) is 0.919. The summed E-state index contributed by atoms with van der Waals surface area (Å²) < 4.78 is 5.74. The fraction of sp³-hybridized carbons (Fsp3) is 0.438. The number of rotatable bonds is 5.